The number of rotatable bonds is 2. The zero-order valence-corrected chi connectivity index (χ0v) is 11.1. The Morgan fingerprint density at radius 1 is 1.29 bits per heavy atom. The molecule has 1 aromatic rings. The molecule has 0 aliphatic carbocycles. The molecular formula is C11H19BN2O2S. The molecule has 6 heteroatoms. The second-order valence-corrected chi connectivity index (χ2v) is 5.82. The van der Waals surface area contributed by atoms with Crippen LogP contribution >= 0.6 is 11.3 Å². The zero-order valence-electron chi connectivity index (χ0n) is 16.3. The smallest absolute Gasteiger partial charge is 0.398 e. The second kappa shape index (κ2) is 3.97. The van der Waals surface area contributed by atoms with Crippen LogP contribution in [0.5, 0.6) is 0 Å². The Hall–Kier alpha value is -0.585. The van der Waals surface area contributed by atoms with Crippen LogP contribution in [0.15, 0.2) is 5.38 Å². The van der Waals surface area contributed by atoms with Crippen molar-refractivity contribution in [1.82, 2.24) is 4.98 Å². The Morgan fingerprint density at radius 2 is 1.88 bits per heavy atom. The molecule has 0 atom stereocenters. The van der Waals surface area contributed by atoms with E-state index in [-0.39, 0.29) is 5.13 Å². The van der Waals surface area contributed by atoms with Crippen molar-refractivity contribution in [1.29, 1.82) is 0 Å². The minimum absolute atomic E-state index is 0.116. The quantitative estimate of drug-likeness (QED) is 0.755. The molecule has 0 spiro atoms. The summed E-state index contributed by atoms with van der Waals surface area (Å²) >= 11 is 0.933. The van der Waals surface area contributed by atoms with Crippen LogP contribution in [0.3, 0.4) is 0 Å². The molecule has 0 amide bonds. The molecule has 0 N–H and O–H groups in total. The third kappa shape index (κ3) is 2.21. The lowest BCUT2D eigenvalue weighted by molar-refractivity contribution is 0.00578. The Bertz CT molecular complexity index is 556. The molecule has 2 heterocycles. The normalized spacial score (nSPS) is 28.6. The predicted octanol–water partition coefficient (Wildman–Crippen LogP) is 1.51. The van der Waals surface area contributed by atoms with Gasteiger partial charge >= 0.3 is 7.12 Å². The van der Waals surface area contributed by atoms with Crippen molar-refractivity contribution < 1.29 is 17.5 Å². The van der Waals surface area contributed by atoms with Crippen LogP contribution in [0.25, 0.3) is 0 Å². The molecule has 1 aliphatic heterocycles. The van der Waals surface area contributed by atoms with E-state index in [1.165, 1.54) is 0 Å². The summed E-state index contributed by atoms with van der Waals surface area (Å²) in [5, 5.41) is 1.44. The van der Waals surface area contributed by atoms with E-state index < -0.39 is 32.3 Å². The molecule has 0 aromatic carbocycles. The van der Waals surface area contributed by atoms with Gasteiger partial charge in [0.05, 0.1) is 16.8 Å². The van der Waals surface area contributed by atoms with E-state index in [0.717, 1.165) is 11.3 Å². The van der Waals surface area contributed by atoms with E-state index in [0.29, 0.717) is 10.5 Å². The van der Waals surface area contributed by atoms with Gasteiger partial charge in [-0.1, -0.05) is 0 Å². The highest BCUT2D eigenvalue weighted by Gasteiger charge is 2.52. The summed E-state index contributed by atoms with van der Waals surface area (Å²) in [7, 11) is -0.764. The van der Waals surface area contributed by atoms with Gasteiger partial charge in [0.25, 0.3) is 0 Å². The van der Waals surface area contributed by atoms with Crippen LogP contribution < -0.4 is 10.5 Å². The Morgan fingerprint density at radius 3 is 2.41 bits per heavy atom. The number of aromatic nitrogens is 1. The standard InChI is InChI=1S/C11H19BN2O2S/c1-10(2)11(3,4)16-12(15-10)8-7-17-9(13-8)14(5)6/h7H,1-6H3/i5D3,6D3. The highest BCUT2D eigenvalue weighted by Crippen LogP contribution is 2.36. The Kier molecular flexibility index (Phi) is 1.66. The molecule has 2 rings (SSSR count). The van der Waals surface area contributed by atoms with Gasteiger partial charge in [-0.05, 0) is 27.7 Å². The molecule has 0 saturated carbocycles. The first-order valence-electron chi connectivity index (χ1n) is 8.26. The predicted molar refractivity (Wildman–Crippen MR) is 72.2 cm³/mol. The van der Waals surface area contributed by atoms with Gasteiger partial charge in [-0.3, -0.25) is 0 Å². The maximum atomic E-state index is 7.43. The molecule has 1 saturated heterocycles. The number of hydrogen-bond acceptors (Lipinski definition) is 5. The average molecular weight is 260 g/mol. The fourth-order valence-electron chi connectivity index (χ4n) is 1.45. The second-order valence-electron chi connectivity index (χ2n) is 4.98. The molecule has 1 aliphatic rings. The van der Waals surface area contributed by atoms with Crippen molar-refractivity contribution in [3.8, 4) is 0 Å². The summed E-state index contributed by atoms with van der Waals surface area (Å²) in [4.78, 5) is 4.49. The molecule has 0 unspecified atom stereocenters. The van der Waals surface area contributed by atoms with Gasteiger partial charge in [-0.2, -0.15) is 0 Å². The largest absolute Gasteiger partial charge is 0.515 e. The van der Waals surface area contributed by atoms with E-state index >= 15 is 0 Å². The summed E-state index contributed by atoms with van der Waals surface area (Å²) in [6.45, 7) is 1.90. The van der Waals surface area contributed by atoms with Crippen molar-refractivity contribution >= 4 is 29.2 Å². The van der Waals surface area contributed by atoms with Gasteiger partial charge in [0.1, 0.15) is 0 Å². The van der Waals surface area contributed by atoms with E-state index in [4.69, 9.17) is 17.5 Å². The number of anilines is 1. The first-order valence-corrected chi connectivity index (χ1v) is 6.14. The molecule has 17 heavy (non-hydrogen) atoms. The van der Waals surface area contributed by atoms with Gasteiger partial charge < -0.3 is 14.2 Å². The summed E-state index contributed by atoms with van der Waals surface area (Å²) in [6, 6.07) is 0. The highest BCUT2D eigenvalue weighted by molar-refractivity contribution is 7.14. The highest BCUT2D eigenvalue weighted by atomic mass is 32.1. The van der Waals surface area contributed by atoms with Crippen LogP contribution in [0, 0.1) is 0 Å². The van der Waals surface area contributed by atoms with Crippen molar-refractivity contribution in [2.75, 3.05) is 18.9 Å². The van der Waals surface area contributed by atoms with E-state index in [2.05, 4.69) is 4.98 Å². The molecular weight excluding hydrogens is 235 g/mol. The lowest BCUT2D eigenvalue weighted by Crippen LogP contribution is -2.41. The SMILES string of the molecule is [2H]C([2H])([2H])N(c1nc(B2OC(C)(C)C(C)(C)O2)cs1)C([2H])([2H])[2H]. The third-order valence-corrected chi connectivity index (χ3v) is 4.04. The third-order valence-electron chi connectivity index (χ3n) is 3.20. The Labute approximate surface area is 116 Å². The maximum Gasteiger partial charge on any atom is 0.515 e. The molecule has 0 radical (unpaired) electrons. The number of thiazole rings is 1. The van der Waals surface area contributed by atoms with E-state index in [9.17, 15) is 0 Å². The molecule has 4 nitrogen and oxygen atoms in total. The molecule has 0 bridgehead atoms. The molecule has 1 aromatic heterocycles. The van der Waals surface area contributed by atoms with Crippen LogP contribution in [0.2, 0.25) is 0 Å². The van der Waals surface area contributed by atoms with Crippen molar-refractivity contribution in [3.63, 3.8) is 0 Å². The van der Waals surface area contributed by atoms with Gasteiger partial charge in [-0.25, -0.2) is 4.98 Å². The first kappa shape index (κ1) is 7.11. The Balaban J connectivity index is 2.31. The fraction of sp³-hybridized carbons (Fsp3) is 0.727. The van der Waals surface area contributed by atoms with Gasteiger partial charge in [0, 0.05) is 27.6 Å². The van der Waals surface area contributed by atoms with E-state index in [1.54, 1.807) is 5.38 Å². The van der Waals surface area contributed by atoms with E-state index in [1.807, 2.05) is 27.7 Å². The number of nitrogens with zero attached hydrogens (tertiary/aromatic N) is 2. The fourth-order valence-corrected chi connectivity index (χ4v) is 2.10. The lowest BCUT2D eigenvalue weighted by Gasteiger charge is -2.32. The summed E-state index contributed by atoms with van der Waals surface area (Å²) in [6.07, 6.45) is 0. The lowest BCUT2D eigenvalue weighted by atomic mass is 9.86. The minimum Gasteiger partial charge on any atom is -0.398 e. The summed E-state index contributed by atoms with van der Waals surface area (Å²) in [5.41, 5.74) is -0.758. The zero-order chi connectivity index (χ0) is 17.8. The van der Waals surface area contributed by atoms with Gasteiger partial charge in [-0.15, -0.1) is 11.3 Å². The van der Waals surface area contributed by atoms with Crippen LogP contribution in [-0.2, 0) is 9.31 Å². The average Bonchev–Trinajstić information content (AvgIpc) is 2.78. The monoisotopic (exact) mass is 260 g/mol. The maximum absolute atomic E-state index is 7.43. The van der Waals surface area contributed by atoms with Crippen LogP contribution in [0.4, 0.5) is 5.13 Å². The van der Waals surface area contributed by atoms with Crippen molar-refractivity contribution in [2.24, 2.45) is 0 Å². The summed E-state index contributed by atoms with van der Waals surface area (Å²) in [5.74, 6) is 0. The number of hydrogen-bond donors (Lipinski definition) is 0. The molecule has 1 fully saturated rings. The first-order chi connectivity index (χ1) is 10.2. The molecule has 94 valence electrons. The topological polar surface area (TPSA) is 34.6 Å². The minimum atomic E-state index is -2.82. The van der Waals surface area contributed by atoms with Crippen molar-refractivity contribution in [3.05, 3.63) is 5.38 Å². The van der Waals surface area contributed by atoms with Gasteiger partial charge in [0.15, 0.2) is 5.13 Å². The summed E-state index contributed by atoms with van der Waals surface area (Å²) < 4.78 is 56.3. The van der Waals surface area contributed by atoms with Gasteiger partial charge in [0.2, 0.25) is 0 Å². The van der Waals surface area contributed by atoms with Crippen LogP contribution in [-0.4, -0.2) is 37.3 Å². The van der Waals surface area contributed by atoms with Crippen LogP contribution in [0.1, 0.15) is 35.9 Å². The van der Waals surface area contributed by atoms with Crippen molar-refractivity contribution in [2.45, 2.75) is 38.9 Å².